The lowest BCUT2D eigenvalue weighted by Gasteiger charge is -2.10. The highest BCUT2D eigenvalue weighted by Gasteiger charge is 2.14. The first kappa shape index (κ1) is 19.9. The second-order valence-corrected chi connectivity index (χ2v) is 7.60. The highest BCUT2D eigenvalue weighted by molar-refractivity contribution is 7.71. The molecule has 8 heteroatoms. The number of aromatic nitrogens is 2. The smallest absolute Gasteiger partial charge is 0.266 e. The second-order valence-electron chi connectivity index (χ2n) is 7.22. The largest absolute Gasteiger partial charge is 0.459 e. The number of hydrogen-bond acceptors (Lipinski definition) is 4. The maximum absolute atomic E-state index is 14.2. The molecule has 6 nitrogen and oxygen atoms in total. The number of rotatable bonds is 4. The quantitative estimate of drug-likeness (QED) is 0.387. The van der Waals surface area contributed by atoms with Crippen LogP contribution in [0.25, 0.3) is 27.6 Å². The standard InChI is InChI=1S/C24H16FN3O3S/c25-18-6-2-3-7-20(18)28-23(30)17-10-9-15(12-19(17)27-24(28)32)22(29)26-13-16-11-14-5-1-4-8-21(14)31-16/h1-12H,13H2,(H,26,29)(H,27,32). The van der Waals surface area contributed by atoms with Crippen LogP contribution in [0.1, 0.15) is 16.1 Å². The summed E-state index contributed by atoms with van der Waals surface area (Å²) in [6.07, 6.45) is 0. The predicted octanol–water partition coefficient (Wildman–Crippen LogP) is 4.86. The molecule has 5 rings (SSSR count). The lowest BCUT2D eigenvalue weighted by molar-refractivity contribution is 0.0948. The number of H-pyrrole nitrogens is 1. The monoisotopic (exact) mass is 445 g/mol. The molecule has 0 bridgehead atoms. The minimum absolute atomic E-state index is 0.0347. The number of furan rings is 1. The van der Waals surface area contributed by atoms with Crippen LogP contribution in [0.15, 0.2) is 82.0 Å². The highest BCUT2D eigenvalue weighted by atomic mass is 32.1. The number of benzene rings is 3. The zero-order valence-electron chi connectivity index (χ0n) is 16.6. The molecule has 2 aromatic heterocycles. The maximum atomic E-state index is 14.2. The molecule has 2 N–H and O–H groups in total. The molecular weight excluding hydrogens is 429 g/mol. The molecule has 2 heterocycles. The summed E-state index contributed by atoms with van der Waals surface area (Å²) in [6, 6.07) is 20.0. The van der Waals surface area contributed by atoms with E-state index in [1.807, 2.05) is 30.3 Å². The molecule has 3 aromatic carbocycles. The molecule has 0 aliphatic carbocycles. The van der Waals surface area contributed by atoms with E-state index < -0.39 is 11.4 Å². The van der Waals surface area contributed by atoms with Gasteiger partial charge in [-0.2, -0.15) is 0 Å². The zero-order chi connectivity index (χ0) is 22.2. The second kappa shape index (κ2) is 7.90. The molecule has 0 aliphatic rings. The minimum atomic E-state index is -0.560. The van der Waals surface area contributed by atoms with Crippen molar-refractivity contribution >= 4 is 40.0 Å². The number of hydrogen-bond donors (Lipinski definition) is 2. The van der Waals surface area contributed by atoms with Crippen LogP contribution in [0.3, 0.4) is 0 Å². The maximum Gasteiger partial charge on any atom is 0.266 e. The van der Waals surface area contributed by atoms with Crippen molar-refractivity contribution < 1.29 is 13.6 Å². The lowest BCUT2D eigenvalue weighted by Crippen LogP contribution is -2.24. The molecule has 5 aromatic rings. The Hall–Kier alpha value is -4.04. The van der Waals surface area contributed by atoms with Gasteiger partial charge in [0, 0.05) is 10.9 Å². The van der Waals surface area contributed by atoms with Gasteiger partial charge in [0.2, 0.25) is 0 Å². The minimum Gasteiger partial charge on any atom is -0.459 e. The molecule has 32 heavy (non-hydrogen) atoms. The Labute approximate surface area is 185 Å². The van der Waals surface area contributed by atoms with Gasteiger partial charge >= 0.3 is 0 Å². The van der Waals surface area contributed by atoms with E-state index in [1.165, 1.54) is 24.3 Å². The Morgan fingerprint density at radius 2 is 1.84 bits per heavy atom. The number of carbonyl (C=O) groups is 1. The summed E-state index contributed by atoms with van der Waals surface area (Å²) in [7, 11) is 0. The first-order chi connectivity index (χ1) is 15.5. The number of carbonyl (C=O) groups excluding carboxylic acids is 1. The van der Waals surface area contributed by atoms with Crippen LogP contribution in [0.5, 0.6) is 0 Å². The van der Waals surface area contributed by atoms with Gasteiger partial charge in [-0.05, 0) is 54.7 Å². The van der Waals surface area contributed by atoms with E-state index in [4.69, 9.17) is 16.6 Å². The summed E-state index contributed by atoms with van der Waals surface area (Å²) in [6.45, 7) is 0.219. The first-order valence-electron chi connectivity index (χ1n) is 9.81. The van der Waals surface area contributed by atoms with E-state index in [0.717, 1.165) is 15.5 Å². The molecular formula is C24H16FN3O3S. The number of halogens is 1. The van der Waals surface area contributed by atoms with Crippen LogP contribution in [0.2, 0.25) is 0 Å². The van der Waals surface area contributed by atoms with Crippen molar-refractivity contribution in [2.75, 3.05) is 0 Å². The first-order valence-corrected chi connectivity index (χ1v) is 10.2. The van der Waals surface area contributed by atoms with Crippen molar-refractivity contribution in [3.05, 3.63) is 105 Å². The van der Waals surface area contributed by atoms with Gasteiger partial charge in [-0.1, -0.05) is 30.3 Å². The van der Waals surface area contributed by atoms with Crippen LogP contribution in [-0.4, -0.2) is 15.5 Å². The Balaban J connectivity index is 1.45. The van der Waals surface area contributed by atoms with Crippen LogP contribution < -0.4 is 10.9 Å². The molecule has 0 saturated carbocycles. The molecule has 0 aliphatic heterocycles. The fraction of sp³-hybridized carbons (Fsp3) is 0.0417. The van der Waals surface area contributed by atoms with Crippen molar-refractivity contribution in [2.45, 2.75) is 6.54 Å². The molecule has 0 saturated heterocycles. The number of nitrogens with one attached hydrogen (secondary N) is 2. The third-order valence-corrected chi connectivity index (χ3v) is 5.44. The van der Waals surface area contributed by atoms with Crippen molar-refractivity contribution in [1.82, 2.24) is 14.9 Å². The number of amides is 1. The third-order valence-electron chi connectivity index (χ3n) is 5.15. The summed E-state index contributed by atoms with van der Waals surface area (Å²) in [4.78, 5) is 28.6. The third kappa shape index (κ3) is 3.50. The SMILES string of the molecule is O=C(NCc1cc2ccccc2o1)c1ccc2c(=O)n(-c3ccccc3F)c(=S)[nH]c2c1. The lowest BCUT2D eigenvalue weighted by atomic mass is 10.1. The van der Waals surface area contributed by atoms with Crippen LogP contribution >= 0.6 is 12.2 Å². The van der Waals surface area contributed by atoms with Gasteiger partial charge in [0.1, 0.15) is 17.2 Å². The highest BCUT2D eigenvalue weighted by Crippen LogP contribution is 2.19. The van der Waals surface area contributed by atoms with Gasteiger partial charge in [-0.3, -0.25) is 9.59 Å². The number of para-hydroxylation sites is 2. The summed E-state index contributed by atoms with van der Waals surface area (Å²) in [5, 5.41) is 4.06. The van der Waals surface area contributed by atoms with Crippen molar-refractivity contribution in [3.8, 4) is 5.69 Å². The Morgan fingerprint density at radius 1 is 1.06 bits per heavy atom. The Morgan fingerprint density at radius 3 is 2.66 bits per heavy atom. The Bertz CT molecular complexity index is 1580. The molecule has 1 amide bonds. The summed E-state index contributed by atoms with van der Waals surface area (Å²) < 4.78 is 21.1. The van der Waals surface area contributed by atoms with Gasteiger partial charge in [0.05, 0.1) is 23.1 Å². The summed E-state index contributed by atoms with van der Waals surface area (Å²) >= 11 is 5.29. The van der Waals surface area contributed by atoms with Crippen LogP contribution in [0, 0.1) is 10.6 Å². The van der Waals surface area contributed by atoms with Crippen LogP contribution in [0.4, 0.5) is 4.39 Å². The van der Waals surface area contributed by atoms with Gasteiger partial charge in [0.25, 0.3) is 11.5 Å². The fourth-order valence-corrected chi connectivity index (χ4v) is 3.90. The molecule has 0 radical (unpaired) electrons. The zero-order valence-corrected chi connectivity index (χ0v) is 17.4. The molecule has 0 fully saturated rings. The van der Waals surface area contributed by atoms with E-state index in [2.05, 4.69) is 10.3 Å². The van der Waals surface area contributed by atoms with Gasteiger partial charge in [0.15, 0.2) is 4.77 Å². The van der Waals surface area contributed by atoms with Gasteiger partial charge in [-0.25, -0.2) is 8.96 Å². The van der Waals surface area contributed by atoms with Crippen LogP contribution in [-0.2, 0) is 6.54 Å². The number of aromatic amines is 1. The average molecular weight is 445 g/mol. The van der Waals surface area contributed by atoms with Gasteiger partial charge < -0.3 is 14.7 Å². The Kier molecular flexibility index (Phi) is 4.91. The molecule has 0 unspecified atom stereocenters. The molecule has 158 valence electrons. The summed E-state index contributed by atoms with van der Waals surface area (Å²) in [5.74, 6) is -0.257. The number of nitrogens with zero attached hydrogens (tertiary/aromatic N) is 1. The van der Waals surface area contributed by atoms with Crippen molar-refractivity contribution in [1.29, 1.82) is 0 Å². The van der Waals surface area contributed by atoms with E-state index in [0.29, 0.717) is 16.8 Å². The van der Waals surface area contributed by atoms with Crippen molar-refractivity contribution in [3.63, 3.8) is 0 Å². The van der Waals surface area contributed by atoms with E-state index in [9.17, 15) is 14.0 Å². The predicted molar refractivity (Wildman–Crippen MR) is 122 cm³/mol. The van der Waals surface area contributed by atoms with Gasteiger partial charge in [-0.15, -0.1) is 0 Å². The number of fused-ring (bicyclic) bond motifs is 2. The molecule has 0 spiro atoms. The van der Waals surface area contributed by atoms with E-state index >= 15 is 0 Å². The normalized spacial score (nSPS) is 11.2. The fourth-order valence-electron chi connectivity index (χ4n) is 3.60. The topological polar surface area (TPSA) is 80.0 Å². The molecule has 0 atom stereocenters. The van der Waals surface area contributed by atoms with E-state index in [-0.39, 0.29) is 28.3 Å². The van der Waals surface area contributed by atoms with E-state index in [1.54, 1.807) is 18.2 Å². The summed E-state index contributed by atoms with van der Waals surface area (Å²) in [5.41, 5.74) is 1.09. The average Bonchev–Trinajstić information content (AvgIpc) is 3.21. The van der Waals surface area contributed by atoms with Crippen molar-refractivity contribution in [2.24, 2.45) is 0 Å².